The quantitative estimate of drug-likeness (QED) is 0.0199. The lowest BCUT2D eigenvalue weighted by Gasteiger charge is -2.48. The van der Waals surface area contributed by atoms with Crippen LogP contribution < -0.4 is 5.32 Å². The molecule has 0 aromatic carbocycles. The molecule has 3 aliphatic rings. The van der Waals surface area contributed by atoms with E-state index in [2.05, 4.69) is 116 Å². The highest BCUT2D eigenvalue weighted by Crippen LogP contribution is 2.33. The molecule has 3 fully saturated rings. The first-order chi connectivity index (χ1) is 46.3. The van der Waals surface area contributed by atoms with Crippen molar-refractivity contribution in [3.63, 3.8) is 0 Å². The van der Waals surface area contributed by atoms with Gasteiger partial charge in [0, 0.05) is 6.42 Å². The predicted octanol–water partition coefficient (Wildman–Crippen LogP) is 10.6. The minimum absolute atomic E-state index is 0.225. The third-order valence-electron chi connectivity index (χ3n) is 17.5. The van der Waals surface area contributed by atoms with Crippen molar-refractivity contribution < 1.29 is 89.4 Å². The van der Waals surface area contributed by atoms with E-state index >= 15 is 0 Å². The normalized spacial score (nSPS) is 27.9. The summed E-state index contributed by atoms with van der Waals surface area (Å²) in [5.41, 5.74) is 0. The van der Waals surface area contributed by atoms with Crippen LogP contribution in [0.5, 0.6) is 0 Å². The van der Waals surface area contributed by atoms with Gasteiger partial charge in [0.25, 0.3) is 0 Å². The second-order valence-corrected chi connectivity index (χ2v) is 25.6. The van der Waals surface area contributed by atoms with Gasteiger partial charge in [-0.2, -0.15) is 0 Å². The Morgan fingerprint density at radius 3 is 1.18 bits per heavy atom. The van der Waals surface area contributed by atoms with Gasteiger partial charge in [0.05, 0.1) is 38.6 Å². The molecule has 3 rings (SSSR count). The van der Waals surface area contributed by atoms with Crippen molar-refractivity contribution in [2.45, 2.75) is 336 Å². The number of hydrogen-bond acceptors (Lipinski definition) is 18. The molecule has 0 saturated carbocycles. The van der Waals surface area contributed by atoms with Gasteiger partial charge in [-0.05, 0) is 96.3 Å². The minimum atomic E-state index is -1.99. The lowest BCUT2D eigenvalue weighted by molar-refractivity contribution is -0.379. The molecular formula is C76H129NO18. The van der Waals surface area contributed by atoms with E-state index in [1.807, 2.05) is 6.08 Å². The lowest BCUT2D eigenvalue weighted by atomic mass is 9.96. The summed E-state index contributed by atoms with van der Waals surface area (Å²) in [5.74, 6) is -0.294. The van der Waals surface area contributed by atoms with Gasteiger partial charge in [-0.25, -0.2) is 0 Å². The number of amides is 1. The molecule has 17 unspecified atom stereocenters. The molecule has 17 atom stereocenters. The number of carbonyl (C=O) groups is 1. The smallest absolute Gasteiger partial charge is 0.220 e. The largest absolute Gasteiger partial charge is 0.394 e. The zero-order valence-electron chi connectivity index (χ0n) is 57.9. The summed E-state index contributed by atoms with van der Waals surface area (Å²) < 4.78 is 34.3. The van der Waals surface area contributed by atoms with E-state index in [-0.39, 0.29) is 18.9 Å². The number of allylic oxidation sites excluding steroid dienone is 17. The summed E-state index contributed by atoms with van der Waals surface area (Å²) in [6.45, 7) is 1.58. The van der Waals surface area contributed by atoms with E-state index in [1.54, 1.807) is 6.08 Å². The summed E-state index contributed by atoms with van der Waals surface area (Å²) >= 11 is 0. The molecule has 0 spiro atoms. The minimum Gasteiger partial charge on any atom is -0.394 e. The molecule has 0 aliphatic carbocycles. The van der Waals surface area contributed by atoms with Crippen molar-refractivity contribution in [2.75, 3.05) is 26.4 Å². The molecule has 0 bridgehead atoms. The third-order valence-corrected chi connectivity index (χ3v) is 17.5. The molecule has 0 radical (unpaired) electrons. The van der Waals surface area contributed by atoms with E-state index in [9.17, 15) is 61.0 Å². The summed E-state index contributed by atoms with van der Waals surface area (Å²) in [4.78, 5) is 13.4. The zero-order chi connectivity index (χ0) is 68.9. The fraction of sp³-hybridized carbons (Fsp3) is 0.750. The molecule has 19 heteroatoms. The van der Waals surface area contributed by atoms with Gasteiger partial charge >= 0.3 is 0 Å². The molecule has 546 valence electrons. The molecule has 0 aromatic rings. The maximum atomic E-state index is 13.4. The maximum absolute atomic E-state index is 13.4. The van der Waals surface area contributed by atoms with Gasteiger partial charge in [0.2, 0.25) is 5.91 Å². The molecule has 95 heavy (non-hydrogen) atoms. The van der Waals surface area contributed by atoms with Crippen LogP contribution in [0, 0.1) is 0 Å². The van der Waals surface area contributed by atoms with Gasteiger partial charge in [-0.3, -0.25) is 4.79 Å². The van der Waals surface area contributed by atoms with E-state index in [4.69, 9.17) is 28.4 Å². The fourth-order valence-electron chi connectivity index (χ4n) is 11.6. The highest BCUT2D eigenvalue weighted by atomic mass is 16.8. The Balaban J connectivity index is 1.39. The lowest BCUT2D eigenvalue weighted by Crippen LogP contribution is -2.66. The molecule has 0 aromatic heterocycles. The van der Waals surface area contributed by atoms with Crippen LogP contribution in [-0.4, -0.2) is 193 Å². The van der Waals surface area contributed by atoms with Crippen LogP contribution in [0.4, 0.5) is 0 Å². The first kappa shape index (κ1) is 85.7. The number of carbonyl (C=O) groups excluding carboxylic acids is 1. The average molecular weight is 1340 g/mol. The Bertz CT molecular complexity index is 2140. The maximum Gasteiger partial charge on any atom is 0.220 e. The van der Waals surface area contributed by atoms with Gasteiger partial charge in [0.15, 0.2) is 18.9 Å². The van der Waals surface area contributed by atoms with Crippen molar-refractivity contribution in [2.24, 2.45) is 0 Å². The summed E-state index contributed by atoms with van der Waals surface area (Å²) in [7, 11) is 0. The standard InChI is InChI=1S/C76H129NO18/c1-3-5-7-9-11-13-15-17-19-21-22-23-24-25-26-27-28-29-30-31-32-33-34-35-36-38-40-42-44-46-48-50-52-54-64(82)77-59(60(81)53-51-49-47-45-43-41-39-37-20-18-16-14-12-10-8-6-4-2)58-90-74-70(88)67(85)72(62(56-79)92-74)95-76-71(89)68(86)73(63(57-80)93-76)94-75-69(87)66(84)65(83)61(55-78)91-75/h5,7,11,13,17,19-20,22-23,25-26,28-29,37,43,45,51,53,59-63,65-76,78-81,83-89H,3-4,6,8-10,12,14-16,18,21,24,27,30-36,38-42,44,46-50,52,54-58H2,1-2H3,(H,77,82)/b7-5-,13-11-,19-17-,23-22-,26-25-,29-28-,37-20+,45-43+,53-51+. The summed E-state index contributed by atoms with van der Waals surface area (Å²) in [6.07, 6.45) is 49.2. The monoisotopic (exact) mass is 1340 g/mol. The SMILES string of the molecule is CC/C=C\C/C=C\C/C=C\C/C=C\C/C=C\C/C=C\CCCCCCCCCCCCCCCCC(=O)NC(COC1OC(CO)C(OC2OC(CO)C(OC3OC(CO)C(O)C(O)C3O)C(O)C2O)C(O)C1O)C(O)/C=C/CC/C=C/CC/C=C/CCCCCCCCC. The average Bonchev–Trinajstić information content (AvgIpc) is 0.786. The highest BCUT2D eigenvalue weighted by Gasteiger charge is 2.53. The van der Waals surface area contributed by atoms with Gasteiger partial charge in [-0.1, -0.05) is 239 Å². The van der Waals surface area contributed by atoms with Gasteiger partial charge < -0.3 is 89.9 Å². The van der Waals surface area contributed by atoms with Crippen LogP contribution in [0.1, 0.15) is 232 Å². The Kier molecular flexibility index (Phi) is 50.7. The zero-order valence-corrected chi connectivity index (χ0v) is 57.9. The number of aliphatic hydroxyl groups excluding tert-OH is 11. The van der Waals surface area contributed by atoms with Gasteiger partial charge in [-0.15, -0.1) is 0 Å². The third kappa shape index (κ3) is 37.5. The van der Waals surface area contributed by atoms with Crippen molar-refractivity contribution in [3.8, 4) is 0 Å². The van der Waals surface area contributed by atoms with Crippen molar-refractivity contribution in [1.82, 2.24) is 5.32 Å². The molecule has 19 nitrogen and oxygen atoms in total. The van der Waals surface area contributed by atoms with Crippen molar-refractivity contribution >= 4 is 5.91 Å². The number of nitrogens with one attached hydrogen (secondary N) is 1. The molecule has 1 amide bonds. The predicted molar refractivity (Wildman–Crippen MR) is 374 cm³/mol. The van der Waals surface area contributed by atoms with E-state index in [0.717, 1.165) is 96.3 Å². The molecule has 3 saturated heterocycles. The Labute approximate surface area is 570 Å². The first-order valence-electron chi connectivity index (χ1n) is 36.6. The Morgan fingerprint density at radius 2 is 0.737 bits per heavy atom. The van der Waals surface area contributed by atoms with Crippen LogP contribution in [0.2, 0.25) is 0 Å². The van der Waals surface area contributed by atoms with Crippen LogP contribution in [0.25, 0.3) is 0 Å². The van der Waals surface area contributed by atoms with Crippen molar-refractivity contribution in [1.29, 1.82) is 0 Å². The summed E-state index contributed by atoms with van der Waals surface area (Å²) in [6, 6.07) is -1.00. The van der Waals surface area contributed by atoms with E-state index in [0.29, 0.717) is 12.8 Å². The molecule has 3 aliphatic heterocycles. The van der Waals surface area contributed by atoms with E-state index in [1.165, 1.54) is 103 Å². The van der Waals surface area contributed by atoms with Crippen molar-refractivity contribution in [3.05, 3.63) is 109 Å². The number of aliphatic hydroxyl groups is 11. The second kappa shape index (κ2) is 56.2. The Hall–Kier alpha value is -3.55. The van der Waals surface area contributed by atoms with Crippen LogP contribution in [0.15, 0.2) is 109 Å². The summed E-state index contributed by atoms with van der Waals surface area (Å²) in [5, 5.41) is 121. The highest BCUT2D eigenvalue weighted by molar-refractivity contribution is 5.76. The molecule has 12 N–H and O–H groups in total. The topological polar surface area (TPSA) is 307 Å². The van der Waals surface area contributed by atoms with Crippen LogP contribution in [-0.2, 0) is 33.2 Å². The number of ether oxygens (including phenoxy) is 6. The second-order valence-electron chi connectivity index (χ2n) is 25.6. The Morgan fingerprint density at radius 1 is 0.389 bits per heavy atom. The van der Waals surface area contributed by atoms with E-state index < -0.39 is 124 Å². The number of rotatable bonds is 55. The number of hydrogen-bond donors (Lipinski definition) is 12. The number of unbranched alkanes of at least 4 members (excludes halogenated alkanes) is 23. The van der Waals surface area contributed by atoms with Crippen LogP contribution >= 0.6 is 0 Å². The molecular weight excluding hydrogens is 1210 g/mol. The molecule has 3 heterocycles. The first-order valence-corrected chi connectivity index (χ1v) is 36.6. The van der Waals surface area contributed by atoms with Crippen LogP contribution in [0.3, 0.4) is 0 Å². The van der Waals surface area contributed by atoms with Gasteiger partial charge in [0.1, 0.15) is 73.2 Å². The fourth-order valence-corrected chi connectivity index (χ4v) is 11.6.